The van der Waals surface area contributed by atoms with E-state index in [0.29, 0.717) is 46.2 Å². The fourth-order valence-electron chi connectivity index (χ4n) is 3.68. The van der Waals surface area contributed by atoms with Crippen LogP contribution >= 0.6 is 23.2 Å². The van der Waals surface area contributed by atoms with Gasteiger partial charge in [-0.1, -0.05) is 41.4 Å². The lowest BCUT2D eigenvalue weighted by molar-refractivity contribution is 0.0985. The topological polar surface area (TPSA) is 69.6 Å². The number of fused-ring (bicyclic) bond motifs is 1. The van der Waals surface area contributed by atoms with Crippen LogP contribution in [0.3, 0.4) is 0 Å². The van der Waals surface area contributed by atoms with Crippen molar-refractivity contribution in [2.45, 2.75) is 18.9 Å². The largest absolute Gasteiger partial charge is 0.388 e. The van der Waals surface area contributed by atoms with E-state index in [1.54, 1.807) is 35.2 Å². The van der Waals surface area contributed by atoms with Gasteiger partial charge < -0.3 is 15.3 Å². The Morgan fingerprint density at radius 3 is 2.32 bits per heavy atom. The summed E-state index contributed by atoms with van der Waals surface area (Å²) in [6, 6.07) is 18.8. The highest BCUT2D eigenvalue weighted by atomic mass is 35.5. The van der Waals surface area contributed by atoms with Gasteiger partial charge in [0.25, 0.3) is 11.8 Å². The molecular formula is C24H20Cl2N2O3. The Morgan fingerprint density at radius 2 is 1.61 bits per heavy atom. The molecule has 0 spiro atoms. The molecule has 5 nitrogen and oxygen atoms in total. The van der Waals surface area contributed by atoms with E-state index in [-0.39, 0.29) is 11.8 Å². The van der Waals surface area contributed by atoms with Gasteiger partial charge in [-0.25, -0.2) is 0 Å². The van der Waals surface area contributed by atoms with Gasteiger partial charge in [0, 0.05) is 44.7 Å². The van der Waals surface area contributed by atoms with Crippen molar-refractivity contribution in [3.63, 3.8) is 0 Å². The number of hydrogen-bond acceptors (Lipinski definition) is 3. The number of aliphatic hydroxyl groups is 1. The summed E-state index contributed by atoms with van der Waals surface area (Å²) in [6.07, 6.45) is 0.739. The molecule has 1 aliphatic rings. The summed E-state index contributed by atoms with van der Waals surface area (Å²) in [5, 5.41) is 13.9. The fourth-order valence-corrected chi connectivity index (χ4v) is 4.21. The number of carbonyl (C=O) groups excluding carboxylic acids is 2. The van der Waals surface area contributed by atoms with Crippen LogP contribution in [0.2, 0.25) is 10.0 Å². The smallest absolute Gasteiger partial charge is 0.258 e. The standard InChI is InChI=1S/C24H20Cl2N2O3/c25-17-12-16(13-18(26)14-17)23(30)27-19-9-7-15(8-10-19)24(31)28-11-3-6-22(29)20-4-1-2-5-21(20)28/h1-2,4-5,7-10,12-14,22,29H,3,6,11H2,(H,27,30). The van der Waals surface area contributed by atoms with Crippen molar-refractivity contribution in [1.82, 2.24) is 0 Å². The van der Waals surface area contributed by atoms with Crippen molar-refractivity contribution in [1.29, 1.82) is 0 Å². The molecule has 1 aliphatic heterocycles. The Balaban J connectivity index is 1.52. The molecule has 3 aromatic carbocycles. The lowest BCUT2D eigenvalue weighted by Gasteiger charge is -2.23. The van der Waals surface area contributed by atoms with Crippen LogP contribution in [0.15, 0.2) is 66.7 Å². The molecule has 1 unspecified atom stereocenters. The maximum atomic E-state index is 13.2. The van der Waals surface area contributed by atoms with Gasteiger partial charge in [0.1, 0.15) is 0 Å². The van der Waals surface area contributed by atoms with Crippen LogP contribution in [0.1, 0.15) is 45.2 Å². The molecule has 1 atom stereocenters. The van der Waals surface area contributed by atoms with Gasteiger partial charge in [0.15, 0.2) is 0 Å². The molecule has 158 valence electrons. The number of aliphatic hydroxyl groups excluding tert-OH is 1. The summed E-state index contributed by atoms with van der Waals surface area (Å²) < 4.78 is 0. The van der Waals surface area contributed by atoms with Crippen LogP contribution in [0.25, 0.3) is 0 Å². The van der Waals surface area contributed by atoms with Gasteiger partial charge in [0.05, 0.1) is 6.10 Å². The first kappa shape index (κ1) is 21.4. The highest BCUT2D eigenvalue weighted by molar-refractivity contribution is 6.35. The van der Waals surface area contributed by atoms with Crippen LogP contribution in [-0.4, -0.2) is 23.5 Å². The SMILES string of the molecule is O=C(Nc1ccc(C(=O)N2CCCC(O)c3ccccc32)cc1)c1cc(Cl)cc(Cl)c1. The van der Waals surface area contributed by atoms with Crippen LogP contribution in [0, 0.1) is 0 Å². The van der Waals surface area contributed by atoms with Crippen molar-refractivity contribution in [3.05, 3.63) is 93.5 Å². The zero-order valence-electron chi connectivity index (χ0n) is 16.5. The van der Waals surface area contributed by atoms with Gasteiger partial charge in [-0.3, -0.25) is 9.59 Å². The number of nitrogens with one attached hydrogen (secondary N) is 1. The van der Waals surface area contributed by atoms with Crippen molar-refractivity contribution in [2.75, 3.05) is 16.8 Å². The van der Waals surface area contributed by atoms with Gasteiger partial charge >= 0.3 is 0 Å². The van der Waals surface area contributed by atoms with Crippen molar-refractivity contribution in [2.24, 2.45) is 0 Å². The molecule has 2 amide bonds. The molecule has 0 radical (unpaired) electrons. The molecule has 0 aliphatic carbocycles. The van der Waals surface area contributed by atoms with E-state index < -0.39 is 6.10 Å². The first-order valence-corrected chi connectivity index (χ1v) is 10.6. The number of hydrogen-bond donors (Lipinski definition) is 2. The van der Waals surface area contributed by atoms with E-state index in [1.165, 1.54) is 12.1 Å². The van der Waals surface area contributed by atoms with Gasteiger partial charge in [-0.15, -0.1) is 0 Å². The molecule has 0 aromatic heterocycles. The van der Waals surface area contributed by atoms with Crippen LogP contribution < -0.4 is 10.2 Å². The summed E-state index contributed by atoms with van der Waals surface area (Å²) in [4.78, 5) is 27.3. The second kappa shape index (κ2) is 9.10. The molecule has 31 heavy (non-hydrogen) atoms. The third-order valence-corrected chi connectivity index (χ3v) is 5.64. The lowest BCUT2D eigenvalue weighted by Crippen LogP contribution is -2.31. The molecule has 2 N–H and O–H groups in total. The maximum Gasteiger partial charge on any atom is 0.258 e. The predicted octanol–water partition coefficient (Wildman–Crippen LogP) is 5.72. The Morgan fingerprint density at radius 1 is 0.935 bits per heavy atom. The Bertz CT molecular complexity index is 1110. The van der Waals surface area contributed by atoms with E-state index in [1.807, 2.05) is 24.3 Å². The Hall–Kier alpha value is -2.86. The Kier molecular flexibility index (Phi) is 6.28. The van der Waals surface area contributed by atoms with E-state index in [9.17, 15) is 14.7 Å². The summed E-state index contributed by atoms with van der Waals surface area (Å²) in [7, 11) is 0. The van der Waals surface area contributed by atoms with Gasteiger partial charge in [-0.05, 0) is 61.4 Å². The zero-order valence-corrected chi connectivity index (χ0v) is 18.0. The number of benzene rings is 3. The predicted molar refractivity (Wildman–Crippen MR) is 123 cm³/mol. The Labute approximate surface area is 190 Å². The van der Waals surface area contributed by atoms with Gasteiger partial charge in [-0.2, -0.15) is 0 Å². The molecule has 0 saturated carbocycles. The summed E-state index contributed by atoms with van der Waals surface area (Å²) in [6.45, 7) is 0.529. The number of carbonyl (C=O) groups is 2. The molecular weight excluding hydrogens is 435 g/mol. The van der Waals surface area contributed by atoms with Crippen LogP contribution in [0.5, 0.6) is 0 Å². The number of halogens is 2. The first-order chi connectivity index (χ1) is 14.9. The van der Waals surface area contributed by atoms with E-state index >= 15 is 0 Å². The minimum absolute atomic E-state index is 0.152. The van der Waals surface area contributed by atoms with Gasteiger partial charge in [0.2, 0.25) is 0 Å². The van der Waals surface area contributed by atoms with Crippen molar-refractivity contribution < 1.29 is 14.7 Å². The third kappa shape index (κ3) is 4.74. The molecule has 0 saturated heterocycles. The van der Waals surface area contributed by atoms with Crippen molar-refractivity contribution >= 4 is 46.4 Å². The lowest BCUT2D eigenvalue weighted by atomic mass is 10.0. The highest BCUT2D eigenvalue weighted by Gasteiger charge is 2.25. The average molecular weight is 455 g/mol. The molecule has 1 heterocycles. The number of rotatable bonds is 3. The monoisotopic (exact) mass is 454 g/mol. The fraction of sp³-hybridized carbons (Fsp3) is 0.167. The molecule has 3 aromatic rings. The molecule has 7 heteroatoms. The summed E-state index contributed by atoms with van der Waals surface area (Å²) >= 11 is 11.9. The summed E-state index contributed by atoms with van der Waals surface area (Å²) in [5.41, 5.74) is 2.88. The van der Waals surface area contributed by atoms with Crippen LogP contribution in [-0.2, 0) is 0 Å². The van der Waals surface area contributed by atoms with Crippen LogP contribution in [0.4, 0.5) is 11.4 Å². The third-order valence-electron chi connectivity index (χ3n) is 5.21. The first-order valence-electron chi connectivity index (χ1n) is 9.89. The van der Waals surface area contributed by atoms with E-state index in [0.717, 1.165) is 11.3 Å². The molecule has 0 bridgehead atoms. The minimum Gasteiger partial charge on any atom is -0.388 e. The quantitative estimate of drug-likeness (QED) is 0.531. The molecule has 0 fully saturated rings. The van der Waals surface area contributed by atoms with E-state index in [2.05, 4.69) is 5.32 Å². The number of para-hydroxylation sites is 1. The van der Waals surface area contributed by atoms with Crippen molar-refractivity contribution in [3.8, 4) is 0 Å². The van der Waals surface area contributed by atoms with E-state index in [4.69, 9.17) is 23.2 Å². The number of amides is 2. The molecule has 4 rings (SSSR count). The number of anilines is 2. The normalized spacial score (nSPS) is 15.7. The summed E-state index contributed by atoms with van der Waals surface area (Å²) in [5.74, 6) is -0.500. The maximum absolute atomic E-state index is 13.2. The average Bonchev–Trinajstić information content (AvgIpc) is 2.92. The minimum atomic E-state index is -0.577. The second-order valence-electron chi connectivity index (χ2n) is 7.36. The number of nitrogens with zero attached hydrogens (tertiary/aromatic N) is 1. The zero-order chi connectivity index (χ0) is 22.0. The highest BCUT2D eigenvalue weighted by Crippen LogP contribution is 2.33. The second-order valence-corrected chi connectivity index (χ2v) is 8.24.